The van der Waals surface area contributed by atoms with Crippen LogP contribution in [0.15, 0.2) is 12.2 Å². The van der Waals surface area contributed by atoms with Crippen LogP contribution in [0.1, 0.15) is 20.3 Å². The molecule has 2 unspecified atom stereocenters. The van der Waals surface area contributed by atoms with E-state index in [2.05, 4.69) is 32.3 Å². The topological polar surface area (TPSA) is 0 Å². The molecule has 0 aliphatic heterocycles. The van der Waals surface area contributed by atoms with E-state index in [1.165, 1.54) is 6.42 Å². The van der Waals surface area contributed by atoms with Gasteiger partial charge >= 0.3 is 0 Å². The van der Waals surface area contributed by atoms with E-state index in [4.69, 9.17) is 0 Å². The summed E-state index contributed by atoms with van der Waals surface area (Å²) in [5.41, 5.74) is 0. The summed E-state index contributed by atoms with van der Waals surface area (Å²) in [5, 5.41) is 0.799. The molecule has 1 aliphatic rings. The Morgan fingerprint density at radius 2 is 2.10 bits per heavy atom. The Morgan fingerprint density at radius 3 is 2.40 bits per heavy atom. The van der Waals surface area contributed by atoms with Crippen molar-refractivity contribution in [1.82, 2.24) is 0 Å². The lowest BCUT2D eigenvalue weighted by atomic mass is 9.96. The van der Waals surface area contributed by atoms with Gasteiger partial charge in [-0.25, -0.2) is 0 Å². The minimum Gasteiger partial charge on any atom is -0.158 e. The highest BCUT2D eigenvalue weighted by Gasteiger charge is 2.19. The molecule has 0 spiro atoms. The van der Waals surface area contributed by atoms with Crippen LogP contribution in [0.4, 0.5) is 0 Å². The first kappa shape index (κ1) is 8.19. The van der Waals surface area contributed by atoms with Gasteiger partial charge in [-0.2, -0.15) is 11.8 Å². The van der Waals surface area contributed by atoms with E-state index in [0.717, 1.165) is 17.1 Å². The van der Waals surface area contributed by atoms with Crippen molar-refractivity contribution in [2.45, 2.75) is 25.5 Å². The summed E-state index contributed by atoms with van der Waals surface area (Å²) in [4.78, 5) is 0. The van der Waals surface area contributed by atoms with E-state index in [0.29, 0.717) is 0 Å². The van der Waals surface area contributed by atoms with Crippen LogP contribution >= 0.6 is 11.8 Å². The van der Waals surface area contributed by atoms with Crippen molar-refractivity contribution < 1.29 is 0 Å². The molecule has 0 saturated heterocycles. The van der Waals surface area contributed by atoms with Gasteiger partial charge in [-0.15, -0.1) is 0 Å². The lowest BCUT2D eigenvalue weighted by Crippen LogP contribution is -2.05. The van der Waals surface area contributed by atoms with Crippen LogP contribution in [0.25, 0.3) is 0 Å². The zero-order valence-electron chi connectivity index (χ0n) is 7.00. The van der Waals surface area contributed by atoms with E-state index in [9.17, 15) is 0 Å². The quantitative estimate of drug-likeness (QED) is 0.554. The van der Waals surface area contributed by atoms with Crippen LogP contribution in [-0.4, -0.2) is 11.5 Å². The maximum Gasteiger partial charge on any atom is 0.0230 e. The van der Waals surface area contributed by atoms with Gasteiger partial charge in [0.15, 0.2) is 0 Å². The molecule has 0 aromatic carbocycles. The smallest absolute Gasteiger partial charge is 0.0230 e. The van der Waals surface area contributed by atoms with Crippen LogP contribution in [0.2, 0.25) is 0 Å². The van der Waals surface area contributed by atoms with E-state index >= 15 is 0 Å². The molecule has 1 heteroatoms. The van der Waals surface area contributed by atoms with Gasteiger partial charge < -0.3 is 0 Å². The number of hydrogen-bond donors (Lipinski definition) is 0. The third-order valence-corrected chi connectivity index (χ3v) is 3.19. The zero-order chi connectivity index (χ0) is 7.56. The average molecular weight is 156 g/mol. The Hall–Kier alpha value is 0.0900. The van der Waals surface area contributed by atoms with Gasteiger partial charge in [-0.3, -0.25) is 0 Å². The molecule has 0 amide bonds. The first-order valence-corrected chi connectivity index (χ1v) is 5.24. The van der Waals surface area contributed by atoms with Crippen LogP contribution in [0.3, 0.4) is 0 Å². The molecule has 0 bridgehead atoms. The molecule has 0 radical (unpaired) electrons. The number of allylic oxidation sites excluding steroid dienone is 1. The molecule has 0 nitrogen and oxygen atoms in total. The van der Waals surface area contributed by atoms with Crippen molar-refractivity contribution in [3.63, 3.8) is 0 Å². The third-order valence-electron chi connectivity index (χ3n) is 2.24. The van der Waals surface area contributed by atoms with Crippen molar-refractivity contribution in [3.05, 3.63) is 12.2 Å². The first-order chi connectivity index (χ1) is 4.74. The highest BCUT2D eigenvalue weighted by Crippen LogP contribution is 2.30. The minimum atomic E-state index is 0.799. The molecule has 0 aromatic heterocycles. The van der Waals surface area contributed by atoms with Crippen LogP contribution in [0.5, 0.6) is 0 Å². The molecular weight excluding hydrogens is 140 g/mol. The fourth-order valence-corrected chi connectivity index (χ4v) is 2.02. The second-order valence-corrected chi connectivity index (χ2v) is 4.38. The lowest BCUT2D eigenvalue weighted by molar-refractivity contribution is 0.461. The summed E-state index contributed by atoms with van der Waals surface area (Å²) in [5.74, 6) is 1.67. The molecule has 0 aromatic rings. The lowest BCUT2D eigenvalue weighted by Gasteiger charge is -2.13. The summed E-state index contributed by atoms with van der Waals surface area (Å²) < 4.78 is 0. The average Bonchev–Trinajstić information content (AvgIpc) is 2.34. The van der Waals surface area contributed by atoms with Crippen LogP contribution in [-0.2, 0) is 0 Å². The van der Waals surface area contributed by atoms with Crippen LogP contribution < -0.4 is 0 Å². The Kier molecular flexibility index (Phi) is 2.84. The highest BCUT2D eigenvalue weighted by atomic mass is 32.2. The summed E-state index contributed by atoms with van der Waals surface area (Å²) in [6.07, 6.45) is 8.29. The van der Waals surface area contributed by atoms with Gasteiger partial charge in [0.2, 0.25) is 0 Å². The Labute approximate surface area is 68.1 Å². The number of thioether (sulfide) groups is 1. The van der Waals surface area contributed by atoms with Gasteiger partial charge in [0.1, 0.15) is 0 Å². The molecule has 0 fully saturated rings. The van der Waals surface area contributed by atoms with Crippen molar-refractivity contribution >= 4 is 11.8 Å². The maximum atomic E-state index is 2.38. The Morgan fingerprint density at radius 1 is 1.40 bits per heavy atom. The fourth-order valence-electron chi connectivity index (χ4n) is 1.36. The largest absolute Gasteiger partial charge is 0.158 e. The van der Waals surface area contributed by atoms with Gasteiger partial charge in [0, 0.05) is 5.25 Å². The van der Waals surface area contributed by atoms with Crippen LogP contribution in [0, 0.1) is 11.8 Å². The molecule has 1 aliphatic carbocycles. The van der Waals surface area contributed by atoms with Crippen molar-refractivity contribution in [3.8, 4) is 0 Å². The second kappa shape index (κ2) is 3.47. The van der Waals surface area contributed by atoms with Gasteiger partial charge in [0.25, 0.3) is 0 Å². The normalized spacial score (nSPS) is 32.0. The Balaban J connectivity index is 2.37. The van der Waals surface area contributed by atoms with Gasteiger partial charge in [-0.05, 0) is 24.5 Å². The van der Waals surface area contributed by atoms with Crippen molar-refractivity contribution in [1.29, 1.82) is 0 Å². The van der Waals surface area contributed by atoms with E-state index in [-0.39, 0.29) is 0 Å². The monoisotopic (exact) mass is 156 g/mol. The van der Waals surface area contributed by atoms with E-state index in [1.807, 2.05) is 11.8 Å². The van der Waals surface area contributed by atoms with E-state index in [1.54, 1.807) is 0 Å². The maximum absolute atomic E-state index is 2.38. The van der Waals surface area contributed by atoms with Crippen molar-refractivity contribution in [2.75, 3.05) is 6.26 Å². The molecule has 2 atom stereocenters. The number of hydrogen-bond acceptors (Lipinski definition) is 1. The zero-order valence-corrected chi connectivity index (χ0v) is 7.82. The molecule has 0 saturated carbocycles. The second-order valence-electron chi connectivity index (χ2n) is 3.30. The van der Waals surface area contributed by atoms with Gasteiger partial charge in [0.05, 0.1) is 0 Å². The highest BCUT2D eigenvalue weighted by molar-refractivity contribution is 7.99. The predicted octanol–water partition coefficient (Wildman–Crippen LogP) is 2.95. The fraction of sp³-hybridized carbons (Fsp3) is 0.778. The molecule has 0 heterocycles. The van der Waals surface area contributed by atoms with Crippen molar-refractivity contribution in [2.24, 2.45) is 11.8 Å². The first-order valence-electron chi connectivity index (χ1n) is 3.95. The van der Waals surface area contributed by atoms with Gasteiger partial charge in [-0.1, -0.05) is 26.0 Å². The number of rotatable bonds is 2. The molecule has 58 valence electrons. The standard InChI is InChI=1S/C9H16S/c1-7(2)8-4-5-9(6-8)10-3/h4-5,7-9H,6H2,1-3H3. The summed E-state index contributed by atoms with van der Waals surface area (Å²) in [6.45, 7) is 4.61. The molecular formula is C9H16S. The predicted molar refractivity (Wildman–Crippen MR) is 49.4 cm³/mol. The summed E-state index contributed by atoms with van der Waals surface area (Å²) in [7, 11) is 0. The Bertz CT molecular complexity index is 127. The molecule has 0 N–H and O–H groups in total. The minimum absolute atomic E-state index is 0.799. The summed E-state index contributed by atoms with van der Waals surface area (Å²) >= 11 is 1.97. The SMILES string of the molecule is CSC1C=CC(C(C)C)C1. The molecule has 1 rings (SSSR count). The molecule has 10 heavy (non-hydrogen) atoms. The summed E-state index contributed by atoms with van der Waals surface area (Å²) in [6, 6.07) is 0. The third kappa shape index (κ3) is 1.79. The van der Waals surface area contributed by atoms with E-state index < -0.39 is 0 Å².